The van der Waals surface area contributed by atoms with E-state index < -0.39 is 0 Å². The Kier molecular flexibility index (Phi) is 5.50. The Morgan fingerprint density at radius 2 is 2.50 bits per heavy atom. The summed E-state index contributed by atoms with van der Waals surface area (Å²) in [5, 5.41) is 0. The van der Waals surface area contributed by atoms with Gasteiger partial charge in [-0.2, -0.15) is 0 Å². The van der Waals surface area contributed by atoms with Crippen LogP contribution in [0.15, 0.2) is 18.4 Å². The molecule has 0 bridgehead atoms. The van der Waals surface area contributed by atoms with E-state index in [1.807, 2.05) is 6.92 Å². The third kappa shape index (κ3) is 5.13. The highest BCUT2D eigenvalue weighted by atomic mass is 16.5. The third-order valence-corrected chi connectivity index (χ3v) is 0.962. The SMILES string of the molecule is C=C=CC(=O)OCCCC. The quantitative estimate of drug-likeness (QED) is 0.257. The number of carbonyl (C=O) groups excluding carboxylic acids is 1. The molecule has 0 saturated carbocycles. The Morgan fingerprint density at radius 3 is 3.00 bits per heavy atom. The first-order valence-corrected chi connectivity index (χ1v) is 3.33. The summed E-state index contributed by atoms with van der Waals surface area (Å²) in [4.78, 5) is 10.5. The van der Waals surface area contributed by atoms with Crippen molar-refractivity contribution in [3.8, 4) is 0 Å². The molecule has 0 heterocycles. The standard InChI is InChI=1S/C8H12O2/c1-3-5-7-10-8(9)6-4-2/h6H,2-3,5,7H2,1H3. The molecule has 0 aromatic carbocycles. The molecule has 0 N–H and O–H groups in total. The first kappa shape index (κ1) is 8.99. The van der Waals surface area contributed by atoms with Gasteiger partial charge >= 0.3 is 5.97 Å². The second-order valence-corrected chi connectivity index (χ2v) is 1.87. The minimum absolute atomic E-state index is 0.358. The van der Waals surface area contributed by atoms with Crippen LogP contribution in [0.2, 0.25) is 0 Å². The smallest absolute Gasteiger partial charge is 0.338 e. The highest BCUT2D eigenvalue weighted by molar-refractivity contribution is 5.81. The van der Waals surface area contributed by atoms with Crippen molar-refractivity contribution in [1.82, 2.24) is 0 Å². The number of hydrogen-bond acceptors (Lipinski definition) is 2. The van der Waals surface area contributed by atoms with Crippen molar-refractivity contribution in [2.75, 3.05) is 6.61 Å². The summed E-state index contributed by atoms with van der Waals surface area (Å²) in [6, 6.07) is 0. The van der Waals surface area contributed by atoms with Gasteiger partial charge in [0.2, 0.25) is 0 Å². The average molecular weight is 140 g/mol. The van der Waals surface area contributed by atoms with Crippen molar-refractivity contribution in [3.63, 3.8) is 0 Å². The monoisotopic (exact) mass is 140 g/mol. The van der Waals surface area contributed by atoms with Crippen molar-refractivity contribution in [1.29, 1.82) is 0 Å². The van der Waals surface area contributed by atoms with Crippen LogP contribution in [0.4, 0.5) is 0 Å². The lowest BCUT2D eigenvalue weighted by molar-refractivity contribution is -0.137. The van der Waals surface area contributed by atoms with E-state index in [9.17, 15) is 4.79 Å². The van der Waals surface area contributed by atoms with Crippen molar-refractivity contribution in [3.05, 3.63) is 18.4 Å². The van der Waals surface area contributed by atoms with Crippen LogP contribution in [0, 0.1) is 0 Å². The molecule has 2 nitrogen and oxygen atoms in total. The van der Waals surface area contributed by atoms with Crippen LogP contribution in [-0.4, -0.2) is 12.6 Å². The van der Waals surface area contributed by atoms with Gasteiger partial charge in [-0.3, -0.25) is 0 Å². The zero-order valence-electron chi connectivity index (χ0n) is 6.22. The summed E-state index contributed by atoms with van der Waals surface area (Å²) in [6.07, 6.45) is 3.14. The summed E-state index contributed by atoms with van der Waals surface area (Å²) in [6.45, 7) is 5.78. The van der Waals surface area contributed by atoms with Crippen LogP contribution >= 0.6 is 0 Å². The van der Waals surface area contributed by atoms with Crippen molar-refractivity contribution in [2.45, 2.75) is 19.8 Å². The Bertz CT molecular complexity index is 143. The van der Waals surface area contributed by atoms with Crippen LogP contribution in [0.1, 0.15) is 19.8 Å². The zero-order valence-corrected chi connectivity index (χ0v) is 6.22. The number of ether oxygens (including phenoxy) is 1. The van der Waals surface area contributed by atoms with Gasteiger partial charge in [-0.15, -0.1) is 5.73 Å². The lowest BCUT2D eigenvalue weighted by atomic mass is 10.4. The Morgan fingerprint density at radius 1 is 1.80 bits per heavy atom. The van der Waals surface area contributed by atoms with E-state index in [1.54, 1.807) is 0 Å². The molecule has 0 aliphatic heterocycles. The molecule has 0 aromatic rings. The second-order valence-electron chi connectivity index (χ2n) is 1.87. The maximum atomic E-state index is 10.5. The Labute approximate surface area is 61.2 Å². The molecule has 0 unspecified atom stereocenters. The average Bonchev–Trinajstić information content (AvgIpc) is 1.89. The number of unbranched alkanes of at least 4 members (excludes halogenated alkanes) is 1. The fraction of sp³-hybridized carbons (Fsp3) is 0.500. The van der Waals surface area contributed by atoms with E-state index >= 15 is 0 Å². The van der Waals surface area contributed by atoms with Crippen LogP contribution in [0.3, 0.4) is 0 Å². The molecule has 0 aliphatic rings. The normalized spacial score (nSPS) is 8.10. The predicted octanol–water partition coefficient (Wildman–Crippen LogP) is 1.67. The van der Waals surface area contributed by atoms with E-state index in [-0.39, 0.29) is 5.97 Å². The molecular weight excluding hydrogens is 128 g/mol. The van der Waals surface area contributed by atoms with Gasteiger partial charge in [0.05, 0.1) is 12.7 Å². The molecule has 56 valence electrons. The molecule has 0 saturated heterocycles. The van der Waals surface area contributed by atoms with E-state index in [0.29, 0.717) is 6.61 Å². The van der Waals surface area contributed by atoms with Crippen molar-refractivity contribution < 1.29 is 9.53 Å². The topological polar surface area (TPSA) is 26.3 Å². The zero-order chi connectivity index (χ0) is 7.82. The van der Waals surface area contributed by atoms with E-state index in [4.69, 9.17) is 4.74 Å². The number of esters is 1. The van der Waals surface area contributed by atoms with Crippen LogP contribution in [-0.2, 0) is 9.53 Å². The van der Waals surface area contributed by atoms with Crippen LogP contribution < -0.4 is 0 Å². The maximum absolute atomic E-state index is 10.5. The third-order valence-electron chi connectivity index (χ3n) is 0.962. The van der Waals surface area contributed by atoms with Crippen LogP contribution in [0.5, 0.6) is 0 Å². The maximum Gasteiger partial charge on any atom is 0.338 e. The lowest BCUT2D eigenvalue weighted by Gasteiger charge is -1.97. The molecule has 10 heavy (non-hydrogen) atoms. The molecule has 0 spiro atoms. The fourth-order valence-electron chi connectivity index (χ4n) is 0.442. The van der Waals surface area contributed by atoms with Gasteiger partial charge in [0, 0.05) is 0 Å². The summed E-state index contributed by atoms with van der Waals surface area (Å²) < 4.78 is 4.73. The van der Waals surface area contributed by atoms with Gasteiger partial charge in [0.1, 0.15) is 0 Å². The van der Waals surface area contributed by atoms with Gasteiger partial charge in [-0.25, -0.2) is 4.79 Å². The van der Waals surface area contributed by atoms with E-state index in [0.717, 1.165) is 12.8 Å². The van der Waals surface area contributed by atoms with Crippen molar-refractivity contribution >= 4 is 5.97 Å². The lowest BCUT2D eigenvalue weighted by Crippen LogP contribution is -2.00. The van der Waals surface area contributed by atoms with Gasteiger partial charge in [0.25, 0.3) is 0 Å². The molecule has 2 heteroatoms. The van der Waals surface area contributed by atoms with Crippen molar-refractivity contribution in [2.24, 2.45) is 0 Å². The first-order valence-electron chi connectivity index (χ1n) is 3.33. The van der Waals surface area contributed by atoms with Gasteiger partial charge in [-0.1, -0.05) is 19.9 Å². The number of hydrogen-bond donors (Lipinski definition) is 0. The molecule has 0 amide bonds. The number of carbonyl (C=O) groups is 1. The Balaban J connectivity index is 3.31. The molecule has 0 radical (unpaired) electrons. The molecular formula is C8H12O2. The summed E-state index contributed by atoms with van der Waals surface area (Å²) in [7, 11) is 0. The highest BCUT2D eigenvalue weighted by Crippen LogP contribution is 1.88. The largest absolute Gasteiger partial charge is 0.462 e. The van der Waals surface area contributed by atoms with E-state index in [2.05, 4.69) is 12.3 Å². The van der Waals surface area contributed by atoms with Gasteiger partial charge in [0.15, 0.2) is 0 Å². The summed E-state index contributed by atoms with van der Waals surface area (Å²) in [5.41, 5.74) is 2.34. The number of rotatable bonds is 4. The molecule has 0 aromatic heterocycles. The van der Waals surface area contributed by atoms with Crippen LogP contribution in [0.25, 0.3) is 0 Å². The highest BCUT2D eigenvalue weighted by Gasteiger charge is 1.92. The first-order chi connectivity index (χ1) is 4.81. The molecule has 0 atom stereocenters. The minimum Gasteiger partial charge on any atom is -0.462 e. The Hall–Kier alpha value is -1.01. The summed E-state index contributed by atoms with van der Waals surface area (Å²) in [5.74, 6) is -0.358. The van der Waals surface area contributed by atoms with Gasteiger partial charge < -0.3 is 4.74 Å². The molecule has 0 fully saturated rings. The van der Waals surface area contributed by atoms with Gasteiger partial charge in [-0.05, 0) is 6.42 Å². The summed E-state index contributed by atoms with van der Waals surface area (Å²) >= 11 is 0. The molecule has 0 rings (SSSR count). The fourth-order valence-corrected chi connectivity index (χ4v) is 0.442. The molecule has 0 aliphatic carbocycles. The minimum atomic E-state index is -0.358. The van der Waals surface area contributed by atoms with E-state index in [1.165, 1.54) is 6.08 Å². The second kappa shape index (κ2) is 6.12. The predicted molar refractivity (Wildman–Crippen MR) is 39.6 cm³/mol.